The van der Waals surface area contributed by atoms with Crippen LogP contribution in [0.2, 0.25) is 9.36 Å². The van der Waals surface area contributed by atoms with Gasteiger partial charge in [-0.25, -0.2) is 4.98 Å². The molecule has 2 nitrogen and oxygen atoms in total. The molecule has 2 heterocycles. The molecule has 21 heavy (non-hydrogen) atoms. The molecule has 0 aliphatic heterocycles. The van der Waals surface area contributed by atoms with E-state index in [1.165, 1.54) is 4.88 Å². The van der Waals surface area contributed by atoms with Crippen LogP contribution in [-0.4, -0.2) is 15.4 Å². The Bertz CT molecular complexity index is 763. The van der Waals surface area contributed by atoms with Gasteiger partial charge in [0.1, 0.15) is 5.82 Å². The van der Waals surface area contributed by atoms with Crippen molar-refractivity contribution < 1.29 is 0 Å². The SMILES string of the molecule is ClCCc1nc2cccc(Cl)c2n1CCc1ccc(Cl)s1. The zero-order valence-corrected chi connectivity index (χ0v) is 14.2. The number of hydrogen-bond acceptors (Lipinski definition) is 2. The summed E-state index contributed by atoms with van der Waals surface area (Å²) in [5.41, 5.74) is 1.91. The van der Waals surface area contributed by atoms with Crippen LogP contribution in [0, 0.1) is 0 Å². The highest BCUT2D eigenvalue weighted by Crippen LogP contribution is 2.27. The van der Waals surface area contributed by atoms with Crippen molar-refractivity contribution in [1.82, 2.24) is 9.55 Å². The number of aryl methyl sites for hydroxylation is 3. The zero-order valence-electron chi connectivity index (χ0n) is 11.2. The Morgan fingerprint density at radius 1 is 1.10 bits per heavy atom. The predicted molar refractivity (Wildman–Crippen MR) is 92.2 cm³/mol. The van der Waals surface area contributed by atoms with Crippen molar-refractivity contribution in [2.45, 2.75) is 19.4 Å². The maximum absolute atomic E-state index is 6.35. The second-order valence-corrected chi connectivity index (χ2v) is 7.27. The Kier molecular flexibility index (Phi) is 4.75. The van der Waals surface area contributed by atoms with Crippen molar-refractivity contribution in [3.63, 3.8) is 0 Å². The minimum atomic E-state index is 0.547. The van der Waals surface area contributed by atoms with Crippen LogP contribution in [0.25, 0.3) is 11.0 Å². The van der Waals surface area contributed by atoms with Crippen molar-refractivity contribution in [3.8, 4) is 0 Å². The van der Waals surface area contributed by atoms with Gasteiger partial charge < -0.3 is 4.57 Å². The largest absolute Gasteiger partial charge is 0.326 e. The maximum atomic E-state index is 6.35. The Morgan fingerprint density at radius 2 is 1.95 bits per heavy atom. The van der Waals surface area contributed by atoms with Crippen LogP contribution in [0.5, 0.6) is 0 Å². The number of para-hydroxylation sites is 1. The van der Waals surface area contributed by atoms with E-state index >= 15 is 0 Å². The fourth-order valence-electron chi connectivity index (χ4n) is 2.41. The normalized spacial score (nSPS) is 11.4. The molecule has 0 fully saturated rings. The molecule has 0 atom stereocenters. The third-order valence-corrected chi connectivity index (χ3v) is 5.11. The summed E-state index contributed by atoms with van der Waals surface area (Å²) in [5, 5.41) is 0.727. The first kappa shape index (κ1) is 15.2. The lowest BCUT2D eigenvalue weighted by molar-refractivity contribution is 0.679. The predicted octanol–water partition coefficient (Wildman–Crippen LogP) is 5.43. The Labute approximate surface area is 142 Å². The van der Waals surface area contributed by atoms with E-state index in [-0.39, 0.29) is 0 Å². The molecule has 110 valence electrons. The highest BCUT2D eigenvalue weighted by Gasteiger charge is 2.13. The fourth-order valence-corrected chi connectivity index (χ4v) is 3.93. The van der Waals surface area contributed by atoms with Crippen molar-refractivity contribution in [2.24, 2.45) is 0 Å². The van der Waals surface area contributed by atoms with Gasteiger partial charge in [-0.2, -0.15) is 0 Å². The first-order chi connectivity index (χ1) is 10.2. The monoisotopic (exact) mass is 358 g/mol. The second-order valence-electron chi connectivity index (χ2n) is 4.68. The van der Waals surface area contributed by atoms with E-state index in [1.807, 2.05) is 24.3 Å². The van der Waals surface area contributed by atoms with Crippen LogP contribution >= 0.6 is 46.1 Å². The number of hydrogen-bond donors (Lipinski definition) is 0. The van der Waals surface area contributed by atoms with Gasteiger partial charge in [-0.15, -0.1) is 22.9 Å². The summed E-state index contributed by atoms with van der Waals surface area (Å²) in [5.74, 6) is 1.53. The summed E-state index contributed by atoms with van der Waals surface area (Å²) in [6.45, 7) is 0.823. The quantitative estimate of drug-likeness (QED) is 0.555. The van der Waals surface area contributed by atoms with Crippen molar-refractivity contribution in [1.29, 1.82) is 0 Å². The molecule has 3 rings (SSSR count). The summed E-state index contributed by atoms with van der Waals surface area (Å²) < 4.78 is 2.99. The molecule has 1 aromatic carbocycles. The van der Waals surface area contributed by atoms with E-state index in [0.29, 0.717) is 5.88 Å². The minimum Gasteiger partial charge on any atom is -0.326 e. The summed E-state index contributed by atoms with van der Waals surface area (Å²) in [6, 6.07) is 9.80. The number of nitrogens with zero attached hydrogens (tertiary/aromatic N) is 2. The second kappa shape index (κ2) is 6.57. The van der Waals surface area contributed by atoms with Gasteiger partial charge in [0.2, 0.25) is 0 Å². The van der Waals surface area contributed by atoms with Gasteiger partial charge in [0.15, 0.2) is 0 Å². The van der Waals surface area contributed by atoms with Crippen LogP contribution in [0.3, 0.4) is 0 Å². The molecule has 0 unspecified atom stereocenters. The van der Waals surface area contributed by atoms with Gasteiger partial charge in [0.05, 0.1) is 20.4 Å². The van der Waals surface area contributed by atoms with E-state index in [4.69, 9.17) is 34.8 Å². The number of thiophene rings is 1. The molecule has 0 N–H and O–H groups in total. The molecule has 0 radical (unpaired) electrons. The zero-order chi connectivity index (χ0) is 14.8. The van der Waals surface area contributed by atoms with Gasteiger partial charge in [-0.05, 0) is 30.7 Å². The summed E-state index contributed by atoms with van der Waals surface area (Å²) >= 11 is 19.8. The molecule has 0 aliphatic carbocycles. The topological polar surface area (TPSA) is 17.8 Å². The Balaban J connectivity index is 1.96. The first-order valence-electron chi connectivity index (χ1n) is 6.63. The molecule has 0 aliphatic rings. The molecule has 2 aromatic heterocycles. The molecule has 0 saturated carbocycles. The molecule has 0 bridgehead atoms. The first-order valence-corrected chi connectivity index (χ1v) is 8.73. The van der Waals surface area contributed by atoms with Gasteiger partial charge in [0.25, 0.3) is 0 Å². The highest BCUT2D eigenvalue weighted by atomic mass is 35.5. The van der Waals surface area contributed by atoms with E-state index in [0.717, 1.165) is 45.6 Å². The Morgan fingerprint density at radius 3 is 2.67 bits per heavy atom. The molecular formula is C15H13Cl3N2S. The number of alkyl halides is 1. The van der Waals surface area contributed by atoms with E-state index < -0.39 is 0 Å². The maximum Gasteiger partial charge on any atom is 0.111 e. The van der Waals surface area contributed by atoms with Gasteiger partial charge in [-0.1, -0.05) is 29.3 Å². The number of halogens is 3. The molecule has 3 aromatic rings. The molecule has 0 spiro atoms. The lowest BCUT2D eigenvalue weighted by Crippen LogP contribution is -2.06. The third-order valence-electron chi connectivity index (χ3n) is 3.33. The van der Waals surface area contributed by atoms with Crippen molar-refractivity contribution in [3.05, 3.63) is 50.4 Å². The minimum absolute atomic E-state index is 0.547. The van der Waals surface area contributed by atoms with Crippen LogP contribution in [0.1, 0.15) is 10.7 Å². The smallest absolute Gasteiger partial charge is 0.111 e. The lowest BCUT2D eigenvalue weighted by atomic mass is 10.3. The number of benzene rings is 1. The van der Waals surface area contributed by atoms with Crippen molar-refractivity contribution >= 4 is 57.2 Å². The third kappa shape index (κ3) is 3.21. The molecule has 0 saturated heterocycles. The van der Waals surface area contributed by atoms with Crippen molar-refractivity contribution in [2.75, 3.05) is 5.88 Å². The molecule has 0 amide bonds. The number of fused-ring (bicyclic) bond motifs is 1. The van der Waals surface area contributed by atoms with Gasteiger partial charge in [0, 0.05) is 23.7 Å². The standard InChI is InChI=1S/C15H13Cl3N2S/c16-8-6-14-19-12-3-1-2-11(17)15(12)20(14)9-7-10-4-5-13(18)21-10/h1-5H,6-9H2. The van der Waals surface area contributed by atoms with Crippen LogP contribution < -0.4 is 0 Å². The number of imidazole rings is 1. The average Bonchev–Trinajstić information content (AvgIpc) is 3.01. The highest BCUT2D eigenvalue weighted by molar-refractivity contribution is 7.16. The van der Waals surface area contributed by atoms with Crippen LogP contribution in [0.15, 0.2) is 30.3 Å². The average molecular weight is 360 g/mol. The Hall–Kier alpha value is -0.740. The van der Waals surface area contributed by atoms with Gasteiger partial charge in [-0.3, -0.25) is 0 Å². The van der Waals surface area contributed by atoms with E-state index in [2.05, 4.69) is 15.6 Å². The van der Waals surface area contributed by atoms with Crippen LogP contribution in [0.4, 0.5) is 0 Å². The van der Waals surface area contributed by atoms with E-state index in [9.17, 15) is 0 Å². The summed E-state index contributed by atoms with van der Waals surface area (Å²) in [6.07, 6.45) is 1.64. The van der Waals surface area contributed by atoms with Gasteiger partial charge >= 0.3 is 0 Å². The summed E-state index contributed by atoms with van der Waals surface area (Å²) in [4.78, 5) is 5.91. The molecular weight excluding hydrogens is 347 g/mol. The fraction of sp³-hybridized carbons (Fsp3) is 0.267. The molecule has 6 heteroatoms. The number of rotatable bonds is 5. The summed E-state index contributed by atoms with van der Waals surface area (Å²) in [7, 11) is 0. The van der Waals surface area contributed by atoms with Crippen LogP contribution in [-0.2, 0) is 19.4 Å². The lowest BCUT2D eigenvalue weighted by Gasteiger charge is -2.08. The number of aromatic nitrogens is 2. The van der Waals surface area contributed by atoms with E-state index in [1.54, 1.807) is 11.3 Å².